The Labute approximate surface area is 180 Å². The first-order valence-corrected chi connectivity index (χ1v) is 9.72. The van der Waals surface area contributed by atoms with Crippen molar-refractivity contribution < 1.29 is 14.3 Å². The van der Waals surface area contributed by atoms with Crippen LogP contribution in [0.15, 0.2) is 85.5 Å². The molecule has 0 spiro atoms. The predicted octanol–water partition coefficient (Wildman–Crippen LogP) is 5.09. The molecule has 0 bridgehead atoms. The highest BCUT2D eigenvalue weighted by atomic mass is 35.5. The Hall–Kier alpha value is -3.57. The maximum Gasteiger partial charge on any atom is 0.255 e. The van der Waals surface area contributed by atoms with Crippen molar-refractivity contribution in [2.24, 2.45) is 0 Å². The highest BCUT2D eigenvalue weighted by Crippen LogP contribution is 2.21. The topological polar surface area (TPSA) is 67.4 Å². The molecule has 6 heteroatoms. The summed E-state index contributed by atoms with van der Waals surface area (Å²) in [5.74, 6) is -0.0932. The molecule has 0 radical (unpaired) electrons. The van der Waals surface area contributed by atoms with E-state index >= 15 is 0 Å². The van der Waals surface area contributed by atoms with E-state index in [9.17, 15) is 9.59 Å². The third-order valence-electron chi connectivity index (χ3n) is 4.28. The average Bonchev–Trinajstić information content (AvgIpc) is 2.77. The summed E-state index contributed by atoms with van der Waals surface area (Å²) < 4.78 is 5.78. The molecule has 2 N–H and O–H groups in total. The van der Waals surface area contributed by atoms with Crippen molar-refractivity contribution in [2.75, 3.05) is 11.9 Å². The van der Waals surface area contributed by atoms with E-state index in [0.29, 0.717) is 34.1 Å². The molecule has 3 aromatic rings. The zero-order chi connectivity index (χ0) is 21.3. The van der Waals surface area contributed by atoms with Crippen LogP contribution >= 0.6 is 11.6 Å². The van der Waals surface area contributed by atoms with Crippen LogP contribution in [0.4, 0.5) is 5.69 Å². The summed E-state index contributed by atoms with van der Waals surface area (Å²) in [4.78, 5) is 25.1. The molecule has 0 atom stereocenters. The number of anilines is 1. The lowest BCUT2D eigenvalue weighted by Gasteiger charge is -2.12. The van der Waals surface area contributed by atoms with Crippen molar-refractivity contribution in [1.29, 1.82) is 0 Å². The van der Waals surface area contributed by atoms with Gasteiger partial charge in [0.15, 0.2) is 0 Å². The molecule has 0 aliphatic rings. The number of para-hydroxylation sites is 1. The third-order valence-corrected chi connectivity index (χ3v) is 4.64. The summed E-state index contributed by atoms with van der Waals surface area (Å²) in [5.41, 5.74) is 2.06. The molecule has 2 amide bonds. The standard InChI is InChI=1S/C24H21ClN2O3/c1-2-14-26-24(29)20-11-4-6-13-22(20)27-23(28)17-9-7-10-19(15-17)30-16-18-8-3-5-12-21(18)25/h2-13,15H,1,14,16H2,(H,26,29)(H,27,28). The fraction of sp³-hybridized carbons (Fsp3) is 0.0833. The summed E-state index contributed by atoms with van der Waals surface area (Å²) in [7, 11) is 0. The number of amides is 2. The summed E-state index contributed by atoms with van der Waals surface area (Å²) in [6.45, 7) is 4.21. The predicted molar refractivity (Wildman–Crippen MR) is 119 cm³/mol. The Balaban J connectivity index is 1.71. The van der Waals surface area contributed by atoms with Crippen LogP contribution in [0.3, 0.4) is 0 Å². The van der Waals surface area contributed by atoms with Gasteiger partial charge in [0.25, 0.3) is 11.8 Å². The van der Waals surface area contributed by atoms with Crippen LogP contribution in [0.1, 0.15) is 26.3 Å². The van der Waals surface area contributed by atoms with Crippen molar-refractivity contribution in [1.82, 2.24) is 5.32 Å². The number of rotatable bonds is 8. The van der Waals surface area contributed by atoms with E-state index in [4.69, 9.17) is 16.3 Å². The molecule has 0 saturated carbocycles. The van der Waals surface area contributed by atoms with Crippen LogP contribution in [-0.4, -0.2) is 18.4 Å². The Morgan fingerprint density at radius 2 is 1.73 bits per heavy atom. The number of nitrogens with one attached hydrogen (secondary N) is 2. The molecule has 30 heavy (non-hydrogen) atoms. The van der Waals surface area contributed by atoms with Crippen molar-refractivity contribution in [3.05, 3.63) is 107 Å². The molecule has 0 unspecified atom stereocenters. The van der Waals surface area contributed by atoms with E-state index in [-0.39, 0.29) is 18.4 Å². The molecule has 3 rings (SSSR count). The van der Waals surface area contributed by atoms with E-state index in [0.717, 1.165) is 5.56 Å². The van der Waals surface area contributed by atoms with E-state index < -0.39 is 0 Å². The van der Waals surface area contributed by atoms with Crippen LogP contribution in [0, 0.1) is 0 Å². The van der Waals surface area contributed by atoms with Crippen LogP contribution in [-0.2, 0) is 6.61 Å². The smallest absolute Gasteiger partial charge is 0.255 e. The second kappa shape index (κ2) is 10.3. The highest BCUT2D eigenvalue weighted by Gasteiger charge is 2.14. The maximum atomic E-state index is 12.7. The molecule has 0 saturated heterocycles. The number of carbonyl (C=O) groups excluding carboxylic acids is 2. The Morgan fingerprint density at radius 1 is 0.967 bits per heavy atom. The molecule has 0 fully saturated rings. The molecule has 0 heterocycles. The second-order valence-corrected chi connectivity index (χ2v) is 6.81. The van der Waals surface area contributed by atoms with Crippen LogP contribution in [0.25, 0.3) is 0 Å². The first-order valence-electron chi connectivity index (χ1n) is 9.34. The third kappa shape index (κ3) is 5.49. The van der Waals surface area contributed by atoms with Gasteiger partial charge in [-0.3, -0.25) is 9.59 Å². The van der Waals surface area contributed by atoms with Gasteiger partial charge in [-0.1, -0.05) is 54.1 Å². The molecule has 152 valence electrons. The lowest BCUT2D eigenvalue weighted by Crippen LogP contribution is -2.25. The highest BCUT2D eigenvalue weighted by molar-refractivity contribution is 6.31. The van der Waals surface area contributed by atoms with E-state index in [1.807, 2.05) is 18.2 Å². The quantitative estimate of drug-likeness (QED) is 0.499. The Morgan fingerprint density at radius 3 is 2.53 bits per heavy atom. The Kier molecular flexibility index (Phi) is 7.24. The molecule has 0 aromatic heterocycles. The first kappa shape index (κ1) is 21.1. The van der Waals surface area contributed by atoms with Gasteiger partial charge in [0.05, 0.1) is 11.3 Å². The van der Waals surface area contributed by atoms with Crippen molar-refractivity contribution in [3.63, 3.8) is 0 Å². The Bertz CT molecular complexity index is 1070. The summed E-state index contributed by atoms with van der Waals surface area (Å²) in [5, 5.41) is 6.12. The molecule has 3 aromatic carbocycles. The van der Waals surface area contributed by atoms with Gasteiger partial charge in [-0.2, -0.15) is 0 Å². The number of hydrogen-bond donors (Lipinski definition) is 2. The van der Waals surface area contributed by atoms with E-state index in [1.54, 1.807) is 60.7 Å². The minimum Gasteiger partial charge on any atom is -0.489 e. The summed E-state index contributed by atoms with van der Waals surface area (Å²) in [6, 6.07) is 21.1. The number of hydrogen-bond acceptors (Lipinski definition) is 3. The summed E-state index contributed by atoms with van der Waals surface area (Å²) in [6.07, 6.45) is 1.59. The fourth-order valence-electron chi connectivity index (χ4n) is 2.75. The normalized spacial score (nSPS) is 10.2. The van der Waals surface area contributed by atoms with Gasteiger partial charge in [-0.05, 0) is 36.4 Å². The maximum absolute atomic E-state index is 12.7. The van der Waals surface area contributed by atoms with Crippen molar-refractivity contribution >= 4 is 29.1 Å². The van der Waals surface area contributed by atoms with Gasteiger partial charge in [0.1, 0.15) is 12.4 Å². The van der Waals surface area contributed by atoms with Crippen LogP contribution < -0.4 is 15.4 Å². The van der Waals surface area contributed by atoms with Gasteiger partial charge in [0, 0.05) is 22.7 Å². The second-order valence-electron chi connectivity index (χ2n) is 6.41. The van der Waals surface area contributed by atoms with Gasteiger partial charge in [-0.15, -0.1) is 6.58 Å². The zero-order valence-electron chi connectivity index (χ0n) is 16.2. The minimum absolute atomic E-state index is 0.289. The molecule has 0 aliphatic carbocycles. The number of ether oxygens (including phenoxy) is 1. The molecule has 5 nitrogen and oxygen atoms in total. The lowest BCUT2D eigenvalue weighted by atomic mass is 10.1. The average molecular weight is 421 g/mol. The van der Waals surface area contributed by atoms with Gasteiger partial charge in [0.2, 0.25) is 0 Å². The zero-order valence-corrected chi connectivity index (χ0v) is 17.0. The van der Waals surface area contributed by atoms with E-state index in [2.05, 4.69) is 17.2 Å². The molecular formula is C24H21ClN2O3. The lowest BCUT2D eigenvalue weighted by molar-refractivity contribution is 0.0959. The van der Waals surface area contributed by atoms with Gasteiger partial charge >= 0.3 is 0 Å². The van der Waals surface area contributed by atoms with E-state index in [1.165, 1.54) is 0 Å². The first-order chi connectivity index (χ1) is 14.6. The van der Waals surface area contributed by atoms with Gasteiger partial charge in [-0.25, -0.2) is 0 Å². The number of carbonyl (C=O) groups is 2. The number of halogens is 1. The SMILES string of the molecule is C=CCNC(=O)c1ccccc1NC(=O)c1cccc(OCc2ccccc2Cl)c1. The van der Waals surface area contributed by atoms with Crippen LogP contribution in [0.2, 0.25) is 5.02 Å². The largest absolute Gasteiger partial charge is 0.489 e. The molecule has 0 aliphatic heterocycles. The van der Waals surface area contributed by atoms with Crippen molar-refractivity contribution in [3.8, 4) is 5.75 Å². The fourth-order valence-corrected chi connectivity index (χ4v) is 2.94. The van der Waals surface area contributed by atoms with Gasteiger partial charge < -0.3 is 15.4 Å². The molecular weight excluding hydrogens is 400 g/mol. The number of benzene rings is 3. The van der Waals surface area contributed by atoms with Crippen molar-refractivity contribution in [2.45, 2.75) is 6.61 Å². The minimum atomic E-state index is -0.345. The monoisotopic (exact) mass is 420 g/mol. The summed E-state index contributed by atoms with van der Waals surface area (Å²) >= 11 is 6.15. The van der Waals surface area contributed by atoms with Crippen LogP contribution in [0.5, 0.6) is 5.75 Å².